The molecule has 0 bridgehead atoms. The summed E-state index contributed by atoms with van der Waals surface area (Å²) in [6.45, 7) is 3.94. The molecule has 0 radical (unpaired) electrons. The number of carbonyl (C=O) groups is 1. The van der Waals surface area contributed by atoms with E-state index in [1.807, 2.05) is 13.8 Å². The van der Waals surface area contributed by atoms with Gasteiger partial charge in [-0.2, -0.15) is 0 Å². The van der Waals surface area contributed by atoms with Crippen LogP contribution in [-0.4, -0.2) is 10.9 Å². The molecule has 15 heavy (non-hydrogen) atoms. The summed E-state index contributed by atoms with van der Waals surface area (Å²) in [7, 11) is 0. The third-order valence-electron chi connectivity index (χ3n) is 3.45. The highest BCUT2D eigenvalue weighted by atomic mass is 16.3. The highest BCUT2D eigenvalue weighted by molar-refractivity contribution is 5.89. The number of ketones is 1. The first-order valence-corrected chi connectivity index (χ1v) is 6.06. The van der Waals surface area contributed by atoms with Crippen LogP contribution in [0.5, 0.6) is 0 Å². The lowest BCUT2D eigenvalue weighted by molar-refractivity contribution is -0.115. The molecule has 0 aromatic rings. The molecular weight excluding hydrogens is 188 g/mol. The van der Waals surface area contributed by atoms with Crippen LogP contribution in [0, 0.1) is 11.8 Å². The van der Waals surface area contributed by atoms with Crippen LogP contribution in [0.15, 0.2) is 11.8 Å². The Kier molecular flexibility index (Phi) is 4.86. The lowest BCUT2D eigenvalue weighted by Gasteiger charge is -2.24. The summed E-state index contributed by atoms with van der Waals surface area (Å²) in [4.78, 5) is 11.5. The van der Waals surface area contributed by atoms with Gasteiger partial charge in [0.05, 0.1) is 5.76 Å². The third kappa shape index (κ3) is 4.06. The Bertz CT molecular complexity index is 239. The average Bonchev–Trinajstić information content (AvgIpc) is 2.14. The van der Waals surface area contributed by atoms with Crippen LogP contribution in [0.3, 0.4) is 0 Å². The van der Waals surface area contributed by atoms with E-state index in [4.69, 9.17) is 0 Å². The number of rotatable bonds is 6. The van der Waals surface area contributed by atoms with Crippen molar-refractivity contribution in [3.63, 3.8) is 0 Å². The minimum atomic E-state index is 0.0831. The lowest BCUT2D eigenvalue weighted by atomic mass is 9.81. The fraction of sp³-hybridized carbons (Fsp3) is 0.769. The molecule has 86 valence electrons. The van der Waals surface area contributed by atoms with Crippen LogP contribution in [0.25, 0.3) is 0 Å². The van der Waals surface area contributed by atoms with Gasteiger partial charge in [0.1, 0.15) is 0 Å². The number of hydrogen-bond acceptors (Lipinski definition) is 2. The molecule has 2 nitrogen and oxygen atoms in total. The van der Waals surface area contributed by atoms with Gasteiger partial charge in [-0.05, 0) is 18.8 Å². The van der Waals surface area contributed by atoms with E-state index in [9.17, 15) is 9.90 Å². The minimum absolute atomic E-state index is 0.0831. The number of allylic oxidation sites excluding steroid dienone is 2. The van der Waals surface area contributed by atoms with Gasteiger partial charge in [-0.3, -0.25) is 4.79 Å². The summed E-state index contributed by atoms with van der Waals surface area (Å²) in [5.41, 5.74) is 0. The maximum atomic E-state index is 11.5. The topological polar surface area (TPSA) is 37.3 Å². The molecule has 0 spiro atoms. The van der Waals surface area contributed by atoms with Crippen LogP contribution in [0.2, 0.25) is 0 Å². The van der Waals surface area contributed by atoms with E-state index in [0.29, 0.717) is 6.42 Å². The Labute approximate surface area is 92.4 Å². The highest BCUT2D eigenvalue weighted by Gasteiger charge is 2.18. The van der Waals surface area contributed by atoms with Gasteiger partial charge in [-0.15, -0.1) is 0 Å². The van der Waals surface area contributed by atoms with Crippen molar-refractivity contribution >= 4 is 5.78 Å². The van der Waals surface area contributed by atoms with Gasteiger partial charge in [0.15, 0.2) is 5.78 Å². The second-order valence-electron chi connectivity index (χ2n) is 4.68. The molecule has 1 unspecified atom stereocenters. The number of aliphatic hydroxyl groups is 1. The Morgan fingerprint density at radius 2 is 2.20 bits per heavy atom. The van der Waals surface area contributed by atoms with E-state index >= 15 is 0 Å². The van der Waals surface area contributed by atoms with Crippen molar-refractivity contribution in [1.82, 2.24) is 0 Å². The van der Waals surface area contributed by atoms with E-state index in [1.165, 1.54) is 25.3 Å². The Balaban J connectivity index is 2.26. The Morgan fingerprint density at radius 1 is 1.53 bits per heavy atom. The molecule has 2 heteroatoms. The van der Waals surface area contributed by atoms with Crippen LogP contribution in [0.1, 0.15) is 52.4 Å². The smallest absolute Gasteiger partial charge is 0.159 e. The summed E-state index contributed by atoms with van der Waals surface area (Å²) in [5.74, 6) is 1.21. The predicted molar refractivity (Wildman–Crippen MR) is 61.7 cm³/mol. The molecule has 1 atom stereocenters. The van der Waals surface area contributed by atoms with Gasteiger partial charge < -0.3 is 5.11 Å². The standard InChI is InChI=1S/C13H22O2/c1-3-10(2)13(15)9-12(14)8-7-11-5-4-6-11/h9-11,15H,3-8H2,1-2H3/b13-9-. The maximum Gasteiger partial charge on any atom is 0.159 e. The Morgan fingerprint density at radius 3 is 2.67 bits per heavy atom. The van der Waals surface area contributed by atoms with Crippen molar-refractivity contribution in [2.24, 2.45) is 11.8 Å². The van der Waals surface area contributed by atoms with Crippen LogP contribution < -0.4 is 0 Å². The summed E-state index contributed by atoms with van der Waals surface area (Å²) >= 11 is 0. The zero-order valence-corrected chi connectivity index (χ0v) is 9.83. The molecule has 1 aliphatic carbocycles. The molecule has 1 N–H and O–H groups in total. The number of carbonyl (C=O) groups excluding carboxylic acids is 1. The van der Waals surface area contributed by atoms with Gasteiger partial charge in [0, 0.05) is 18.4 Å². The van der Waals surface area contributed by atoms with E-state index in [0.717, 1.165) is 18.8 Å². The minimum Gasteiger partial charge on any atom is -0.512 e. The molecule has 1 rings (SSSR count). The molecule has 0 heterocycles. The van der Waals surface area contributed by atoms with Crippen molar-refractivity contribution in [3.8, 4) is 0 Å². The van der Waals surface area contributed by atoms with Gasteiger partial charge in [-0.25, -0.2) is 0 Å². The van der Waals surface area contributed by atoms with Gasteiger partial charge in [0.25, 0.3) is 0 Å². The second-order valence-corrected chi connectivity index (χ2v) is 4.68. The quantitative estimate of drug-likeness (QED) is 0.537. The molecule has 1 aliphatic rings. The third-order valence-corrected chi connectivity index (χ3v) is 3.45. The molecule has 0 aromatic heterocycles. The first kappa shape index (κ1) is 12.3. The monoisotopic (exact) mass is 210 g/mol. The fourth-order valence-corrected chi connectivity index (χ4v) is 1.72. The number of hydrogen-bond donors (Lipinski definition) is 1. The summed E-state index contributed by atoms with van der Waals surface area (Å²) in [6, 6.07) is 0. The maximum absolute atomic E-state index is 11.5. The van der Waals surface area contributed by atoms with Gasteiger partial charge in [0.2, 0.25) is 0 Å². The lowest BCUT2D eigenvalue weighted by Crippen LogP contribution is -2.12. The molecular formula is C13H22O2. The van der Waals surface area contributed by atoms with Crippen molar-refractivity contribution < 1.29 is 9.90 Å². The second kappa shape index (κ2) is 5.94. The predicted octanol–water partition coefficient (Wildman–Crippen LogP) is 3.62. The SMILES string of the molecule is CCC(C)/C(O)=C/C(=O)CCC1CCC1. The Hall–Kier alpha value is -0.790. The molecule has 0 saturated heterocycles. The van der Waals surface area contributed by atoms with Crippen LogP contribution in [0.4, 0.5) is 0 Å². The summed E-state index contributed by atoms with van der Waals surface area (Å²) < 4.78 is 0. The average molecular weight is 210 g/mol. The zero-order valence-electron chi connectivity index (χ0n) is 9.83. The van der Waals surface area contributed by atoms with Crippen molar-refractivity contribution in [2.75, 3.05) is 0 Å². The van der Waals surface area contributed by atoms with Crippen molar-refractivity contribution in [2.45, 2.75) is 52.4 Å². The molecule has 1 saturated carbocycles. The molecule has 0 amide bonds. The largest absolute Gasteiger partial charge is 0.512 e. The van der Waals surface area contributed by atoms with Crippen LogP contribution >= 0.6 is 0 Å². The molecule has 0 aliphatic heterocycles. The summed E-state index contributed by atoms with van der Waals surface area (Å²) in [5, 5.41) is 9.56. The van der Waals surface area contributed by atoms with E-state index < -0.39 is 0 Å². The molecule has 0 aromatic carbocycles. The number of aliphatic hydroxyl groups excluding tert-OH is 1. The van der Waals surface area contributed by atoms with Crippen LogP contribution in [-0.2, 0) is 4.79 Å². The van der Waals surface area contributed by atoms with E-state index in [-0.39, 0.29) is 17.5 Å². The van der Waals surface area contributed by atoms with Crippen molar-refractivity contribution in [3.05, 3.63) is 11.8 Å². The van der Waals surface area contributed by atoms with Gasteiger partial charge >= 0.3 is 0 Å². The van der Waals surface area contributed by atoms with Crippen molar-refractivity contribution in [1.29, 1.82) is 0 Å². The first-order valence-electron chi connectivity index (χ1n) is 6.06. The van der Waals surface area contributed by atoms with Gasteiger partial charge in [-0.1, -0.05) is 33.1 Å². The van der Waals surface area contributed by atoms with E-state index in [2.05, 4.69) is 0 Å². The fourth-order valence-electron chi connectivity index (χ4n) is 1.72. The summed E-state index contributed by atoms with van der Waals surface area (Å²) in [6.07, 6.45) is 7.80. The van der Waals surface area contributed by atoms with E-state index in [1.54, 1.807) is 0 Å². The molecule has 1 fully saturated rings. The highest BCUT2D eigenvalue weighted by Crippen LogP contribution is 2.30. The zero-order chi connectivity index (χ0) is 11.3. The normalized spacial score (nSPS) is 19.7. The first-order chi connectivity index (χ1) is 7.13.